The van der Waals surface area contributed by atoms with Crippen LogP contribution in [0.3, 0.4) is 0 Å². The highest BCUT2D eigenvalue weighted by Crippen LogP contribution is 2.21. The normalized spacial score (nSPS) is 12.0. The van der Waals surface area contributed by atoms with Gasteiger partial charge < -0.3 is 14.6 Å². The van der Waals surface area contributed by atoms with Crippen molar-refractivity contribution in [3.8, 4) is 0 Å². The molecule has 25 heavy (non-hydrogen) atoms. The van der Waals surface area contributed by atoms with E-state index in [-0.39, 0.29) is 5.91 Å². The maximum atomic E-state index is 12.1. The third-order valence-electron chi connectivity index (χ3n) is 4.04. The van der Waals surface area contributed by atoms with Gasteiger partial charge in [-0.25, -0.2) is 4.98 Å². The van der Waals surface area contributed by atoms with Gasteiger partial charge in [-0.2, -0.15) is 0 Å². The molecule has 3 rings (SSSR count). The number of imidazole rings is 1. The molecular weight excluding hydrogens is 314 g/mol. The number of amides is 1. The van der Waals surface area contributed by atoms with Crippen LogP contribution in [-0.2, 0) is 6.54 Å². The van der Waals surface area contributed by atoms with Crippen molar-refractivity contribution in [2.45, 2.75) is 12.6 Å². The third-order valence-corrected chi connectivity index (χ3v) is 4.04. The molecule has 0 saturated carbocycles. The van der Waals surface area contributed by atoms with Crippen LogP contribution in [-0.4, -0.2) is 39.6 Å². The van der Waals surface area contributed by atoms with Crippen LogP contribution in [0, 0.1) is 0 Å². The first-order valence-electron chi connectivity index (χ1n) is 8.11. The first-order valence-corrected chi connectivity index (χ1v) is 8.11. The number of hydrogen-bond donors (Lipinski definition) is 1. The number of aliphatic hydroxyl groups excluding tert-OH is 1. The Balaban J connectivity index is 1.85. The number of rotatable bonds is 5. The van der Waals surface area contributed by atoms with Crippen LogP contribution in [0.5, 0.6) is 0 Å². The van der Waals surface area contributed by atoms with Crippen molar-refractivity contribution in [1.82, 2.24) is 14.5 Å². The summed E-state index contributed by atoms with van der Waals surface area (Å²) in [4.78, 5) is 18.0. The zero-order valence-corrected chi connectivity index (χ0v) is 14.3. The van der Waals surface area contributed by atoms with E-state index in [2.05, 4.69) is 4.98 Å². The van der Waals surface area contributed by atoms with Crippen LogP contribution >= 0.6 is 0 Å². The predicted molar refractivity (Wildman–Crippen MR) is 96.3 cm³/mol. The van der Waals surface area contributed by atoms with Crippen LogP contribution in [0.4, 0.5) is 0 Å². The summed E-state index contributed by atoms with van der Waals surface area (Å²) in [6.07, 6.45) is 2.72. The molecule has 1 unspecified atom stereocenters. The van der Waals surface area contributed by atoms with Gasteiger partial charge in [0, 0.05) is 38.6 Å². The predicted octanol–water partition coefficient (Wildman–Crippen LogP) is 2.71. The minimum absolute atomic E-state index is 0.0305. The highest BCUT2D eigenvalue weighted by atomic mass is 16.3. The molecule has 5 heteroatoms. The van der Waals surface area contributed by atoms with Crippen molar-refractivity contribution in [2.75, 3.05) is 14.1 Å². The van der Waals surface area contributed by atoms with Gasteiger partial charge in [-0.15, -0.1) is 0 Å². The van der Waals surface area contributed by atoms with Crippen molar-refractivity contribution >= 4 is 5.91 Å². The molecule has 2 aromatic carbocycles. The van der Waals surface area contributed by atoms with Crippen LogP contribution < -0.4 is 0 Å². The molecule has 0 bridgehead atoms. The van der Waals surface area contributed by atoms with Crippen molar-refractivity contribution < 1.29 is 9.90 Å². The number of benzene rings is 2. The van der Waals surface area contributed by atoms with E-state index in [4.69, 9.17) is 0 Å². The minimum atomic E-state index is -0.789. The Morgan fingerprint density at radius 3 is 2.64 bits per heavy atom. The lowest BCUT2D eigenvalue weighted by Gasteiger charge is -2.15. The van der Waals surface area contributed by atoms with Gasteiger partial charge in [-0.05, 0) is 23.3 Å². The summed E-state index contributed by atoms with van der Waals surface area (Å²) in [5, 5.41) is 10.6. The topological polar surface area (TPSA) is 58.4 Å². The largest absolute Gasteiger partial charge is 0.380 e. The van der Waals surface area contributed by atoms with Crippen molar-refractivity contribution in [3.05, 3.63) is 89.5 Å². The maximum absolute atomic E-state index is 12.1. The van der Waals surface area contributed by atoms with E-state index >= 15 is 0 Å². The lowest BCUT2D eigenvalue weighted by molar-refractivity contribution is 0.0827. The lowest BCUT2D eigenvalue weighted by atomic mass is 10.1. The minimum Gasteiger partial charge on any atom is -0.380 e. The molecule has 0 aliphatic carbocycles. The Hall–Kier alpha value is -2.92. The zero-order chi connectivity index (χ0) is 17.8. The molecule has 0 aliphatic heterocycles. The smallest absolute Gasteiger partial charge is 0.253 e. The average Bonchev–Trinajstić information content (AvgIpc) is 3.09. The number of aliphatic hydroxyl groups is 1. The Morgan fingerprint density at radius 1 is 1.16 bits per heavy atom. The highest BCUT2D eigenvalue weighted by Gasteiger charge is 2.16. The summed E-state index contributed by atoms with van der Waals surface area (Å²) in [5.74, 6) is 0.549. The zero-order valence-electron chi connectivity index (χ0n) is 14.3. The standard InChI is InChI=1S/C20H21N3O2/c1-22(2)20(25)17-10-6-7-15(13-17)14-23-12-11-21-19(23)18(24)16-8-4-3-5-9-16/h3-13,18,24H,14H2,1-2H3. The van der Waals surface area contributed by atoms with E-state index in [0.717, 1.165) is 11.1 Å². The van der Waals surface area contributed by atoms with E-state index in [9.17, 15) is 9.90 Å². The molecule has 1 N–H and O–H groups in total. The molecule has 3 aromatic rings. The van der Waals surface area contributed by atoms with E-state index in [1.165, 1.54) is 0 Å². The van der Waals surface area contributed by atoms with Gasteiger partial charge in [0.2, 0.25) is 0 Å². The van der Waals surface area contributed by atoms with Gasteiger partial charge in [-0.3, -0.25) is 4.79 Å². The molecule has 128 valence electrons. The van der Waals surface area contributed by atoms with Gasteiger partial charge in [0.1, 0.15) is 11.9 Å². The molecule has 1 heterocycles. The monoisotopic (exact) mass is 335 g/mol. The fourth-order valence-corrected chi connectivity index (χ4v) is 2.74. The number of nitrogens with zero attached hydrogens (tertiary/aromatic N) is 3. The molecule has 0 saturated heterocycles. The summed E-state index contributed by atoms with van der Waals surface area (Å²) < 4.78 is 1.90. The van der Waals surface area contributed by atoms with E-state index in [1.54, 1.807) is 31.3 Å². The number of aromatic nitrogens is 2. The fourth-order valence-electron chi connectivity index (χ4n) is 2.74. The number of hydrogen-bond acceptors (Lipinski definition) is 3. The Kier molecular flexibility index (Phi) is 4.95. The average molecular weight is 335 g/mol. The lowest BCUT2D eigenvalue weighted by Crippen LogP contribution is -2.21. The van der Waals surface area contributed by atoms with Gasteiger partial charge in [0.15, 0.2) is 0 Å². The fraction of sp³-hybridized carbons (Fsp3) is 0.200. The summed E-state index contributed by atoms with van der Waals surface area (Å²) in [6.45, 7) is 0.535. The molecule has 5 nitrogen and oxygen atoms in total. The highest BCUT2D eigenvalue weighted by molar-refractivity contribution is 5.94. The molecule has 1 atom stereocenters. The van der Waals surface area contributed by atoms with Gasteiger partial charge in [0.05, 0.1) is 0 Å². The SMILES string of the molecule is CN(C)C(=O)c1cccc(Cn2ccnc2C(O)c2ccccc2)c1. The molecule has 1 aromatic heterocycles. The van der Waals surface area contributed by atoms with E-state index in [0.29, 0.717) is 17.9 Å². The van der Waals surface area contributed by atoms with Crippen molar-refractivity contribution in [3.63, 3.8) is 0 Å². The second-order valence-corrected chi connectivity index (χ2v) is 6.13. The van der Waals surface area contributed by atoms with Crippen molar-refractivity contribution in [1.29, 1.82) is 0 Å². The summed E-state index contributed by atoms with van der Waals surface area (Å²) in [6, 6.07) is 17.0. The number of carbonyl (C=O) groups is 1. The first-order chi connectivity index (χ1) is 12.1. The van der Waals surface area contributed by atoms with Gasteiger partial charge in [0.25, 0.3) is 5.91 Å². The molecule has 0 radical (unpaired) electrons. The third kappa shape index (κ3) is 3.78. The molecule has 0 spiro atoms. The second-order valence-electron chi connectivity index (χ2n) is 6.13. The van der Waals surface area contributed by atoms with Crippen LogP contribution in [0.1, 0.15) is 33.4 Å². The van der Waals surface area contributed by atoms with Gasteiger partial charge >= 0.3 is 0 Å². The van der Waals surface area contributed by atoms with Gasteiger partial charge in [-0.1, -0.05) is 42.5 Å². The molecular formula is C20H21N3O2. The molecule has 0 aliphatic rings. The molecule has 1 amide bonds. The Morgan fingerprint density at radius 2 is 1.92 bits per heavy atom. The Bertz CT molecular complexity index is 856. The molecule has 0 fully saturated rings. The summed E-state index contributed by atoms with van der Waals surface area (Å²) in [7, 11) is 3.47. The second kappa shape index (κ2) is 7.32. The quantitative estimate of drug-likeness (QED) is 0.780. The maximum Gasteiger partial charge on any atom is 0.253 e. The first kappa shape index (κ1) is 16.9. The summed E-state index contributed by atoms with van der Waals surface area (Å²) in [5.41, 5.74) is 2.42. The Labute approximate surface area is 147 Å². The van der Waals surface area contributed by atoms with Crippen LogP contribution in [0.25, 0.3) is 0 Å². The summed E-state index contributed by atoms with van der Waals surface area (Å²) >= 11 is 0. The van der Waals surface area contributed by atoms with Crippen LogP contribution in [0.2, 0.25) is 0 Å². The van der Waals surface area contributed by atoms with Crippen LogP contribution in [0.15, 0.2) is 67.0 Å². The van der Waals surface area contributed by atoms with E-state index in [1.807, 2.05) is 59.3 Å². The van der Waals surface area contributed by atoms with Crippen molar-refractivity contribution in [2.24, 2.45) is 0 Å². The van der Waals surface area contributed by atoms with E-state index < -0.39 is 6.10 Å². The number of carbonyl (C=O) groups excluding carboxylic acids is 1.